The molecule has 146 valence electrons. The number of sulfone groups is 1. The van der Waals surface area contributed by atoms with Gasteiger partial charge in [-0.15, -0.1) is 0 Å². The lowest BCUT2D eigenvalue weighted by Gasteiger charge is -2.23. The molecule has 0 unspecified atom stereocenters. The first-order valence-electron chi connectivity index (χ1n) is 9.26. The molecule has 2 aromatic carbocycles. The number of benzene rings is 2. The van der Waals surface area contributed by atoms with Crippen molar-refractivity contribution in [1.29, 1.82) is 0 Å². The summed E-state index contributed by atoms with van der Waals surface area (Å²) < 4.78 is 24.7. The van der Waals surface area contributed by atoms with Crippen LogP contribution in [0.25, 0.3) is 0 Å². The molecule has 0 fully saturated rings. The second-order valence-corrected chi connectivity index (χ2v) is 8.61. The zero-order valence-corrected chi connectivity index (χ0v) is 17.2. The zero-order valence-electron chi connectivity index (χ0n) is 16.4. The van der Waals surface area contributed by atoms with Gasteiger partial charge in [0.1, 0.15) is 0 Å². The summed E-state index contributed by atoms with van der Waals surface area (Å²) in [6.45, 7) is 6.10. The van der Waals surface area contributed by atoms with E-state index in [0.29, 0.717) is 17.9 Å². The van der Waals surface area contributed by atoms with E-state index in [0.717, 1.165) is 19.0 Å². The van der Waals surface area contributed by atoms with Gasteiger partial charge in [0.25, 0.3) is 0 Å². The lowest BCUT2D eigenvalue weighted by atomic mass is 10.1. The summed E-state index contributed by atoms with van der Waals surface area (Å²) in [7, 11) is -1.25. The third-order valence-electron chi connectivity index (χ3n) is 4.30. The predicted octanol–water partition coefficient (Wildman–Crippen LogP) is 3.26. The maximum Gasteiger partial charge on any atom is 0.193 e. The van der Waals surface area contributed by atoms with Gasteiger partial charge < -0.3 is 10.2 Å². The van der Waals surface area contributed by atoms with Crippen LogP contribution in [0.2, 0.25) is 0 Å². The predicted molar refractivity (Wildman–Crippen MR) is 112 cm³/mol. The van der Waals surface area contributed by atoms with Crippen molar-refractivity contribution in [2.24, 2.45) is 4.99 Å². The molecule has 2 aromatic rings. The van der Waals surface area contributed by atoms with Crippen LogP contribution in [0.4, 0.5) is 0 Å². The third-order valence-corrected chi connectivity index (χ3v) is 6.12. The first kappa shape index (κ1) is 21.0. The number of guanidine groups is 1. The fraction of sp³-hybridized carbons (Fsp3) is 0.381. The van der Waals surface area contributed by atoms with Crippen LogP contribution in [0.5, 0.6) is 0 Å². The molecule has 0 saturated carbocycles. The quantitative estimate of drug-likeness (QED) is 0.429. The van der Waals surface area contributed by atoms with Crippen molar-refractivity contribution in [3.8, 4) is 0 Å². The van der Waals surface area contributed by atoms with E-state index in [1.165, 1.54) is 11.1 Å². The molecule has 0 saturated heterocycles. The van der Waals surface area contributed by atoms with Crippen LogP contribution in [0.1, 0.15) is 24.5 Å². The fourth-order valence-corrected chi connectivity index (χ4v) is 4.09. The third kappa shape index (κ3) is 6.40. The van der Waals surface area contributed by atoms with Crippen LogP contribution in [0, 0.1) is 6.92 Å². The van der Waals surface area contributed by atoms with Gasteiger partial charge in [-0.2, -0.15) is 0 Å². The van der Waals surface area contributed by atoms with Crippen LogP contribution in [0.3, 0.4) is 0 Å². The maximum absolute atomic E-state index is 12.3. The monoisotopic (exact) mass is 387 g/mol. The molecular weight excluding hydrogens is 358 g/mol. The van der Waals surface area contributed by atoms with E-state index < -0.39 is 9.84 Å². The number of aryl methyl sites for hydroxylation is 1. The minimum absolute atomic E-state index is 0.0986. The van der Waals surface area contributed by atoms with E-state index in [9.17, 15) is 8.42 Å². The smallest absolute Gasteiger partial charge is 0.193 e. The van der Waals surface area contributed by atoms with E-state index in [1.54, 1.807) is 24.3 Å². The van der Waals surface area contributed by atoms with Gasteiger partial charge in [-0.1, -0.05) is 42.5 Å². The molecule has 27 heavy (non-hydrogen) atoms. The van der Waals surface area contributed by atoms with E-state index in [-0.39, 0.29) is 5.75 Å². The summed E-state index contributed by atoms with van der Waals surface area (Å²) in [5, 5.41) is 3.28. The van der Waals surface area contributed by atoms with Crippen molar-refractivity contribution >= 4 is 15.8 Å². The molecule has 0 atom stereocenters. The minimum Gasteiger partial charge on any atom is -0.357 e. The van der Waals surface area contributed by atoms with E-state index in [2.05, 4.69) is 34.3 Å². The van der Waals surface area contributed by atoms with E-state index in [4.69, 9.17) is 0 Å². The van der Waals surface area contributed by atoms with Crippen molar-refractivity contribution in [2.75, 3.05) is 25.9 Å². The van der Waals surface area contributed by atoms with Crippen LogP contribution in [-0.4, -0.2) is 45.2 Å². The summed E-state index contributed by atoms with van der Waals surface area (Å²) in [6, 6.07) is 16.9. The fourth-order valence-electron chi connectivity index (χ4n) is 2.77. The van der Waals surface area contributed by atoms with Crippen molar-refractivity contribution < 1.29 is 8.42 Å². The van der Waals surface area contributed by atoms with Crippen LogP contribution in [-0.2, 0) is 16.4 Å². The van der Waals surface area contributed by atoms with Gasteiger partial charge in [0, 0.05) is 26.7 Å². The van der Waals surface area contributed by atoms with Gasteiger partial charge >= 0.3 is 0 Å². The highest BCUT2D eigenvalue weighted by molar-refractivity contribution is 7.91. The van der Waals surface area contributed by atoms with Gasteiger partial charge in [0.15, 0.2) is 15.8 Å². The van der Waals surface area contributed by atoms with Crippen LogP contribution >= 0.6 is 0 Å². The first-order valence-corrected chi connectivity index (χ1v) is 10.9. The summed E-state index contributed by atoms with van der Waals surface area (Å²) in [4.78, 5) is 7.04. The molecule has 6 heteroatoms. The Morgan fingerprint density at radius 1 is 1.07 bits per heavy atom. The van der Waals surface area contributed by atoms with Crippen molar-refractivity contribution in [2.45, 2.75) is 31.7 Å². The Morgan fingerprint density at radius 2 is 1.74 bits per heavy atom. The standard InChI is InChI=1S/C21H29N3O2S/c1-4-22-21(24(3)17-19-12-9-8-11-18(19)2)23-15-10-16-27(25,26)20-13-6-5-7-14-20/h5-9,11-14H,4,10,15-17H2,1-3H3,(H,22,23). The number of nitrogens with one attached hydrogen (secondary N) is 1. The van der Waals surface area contributed by atoms with Gasteiger partial charge in [0.2, 0.25) is 0 Å². The SMILES string of the molecule is CCNC(=NCCCS(=O)(=O)c1ccccc1)N(C)Cc1ccccc1C. The second-order valence-electron chi connectivity index (χ2n) is 6.50. The number of nitrogens with zero attached hydrogens (tertiary/aromatic N) is 2. The molecule has 0 aromatic heterocycles. The zero-order chi connectivity index (χ0) is 19.7. The highest BCUT2D eigenvalue weighted by Gasteiger charge is 2.13. The second kappa shape index (κ2) is 10.1. The molecule has 0 heterocycles. The van der Waals surface area contributed by atoms with Crippen molar-refractivity contribution in [3.05, 3.63) is 65.7 Å². The molecule has 0 amide bonds. The Labute approximate surface area is 163 Å². The maximum atomic E-state index is 12.3. The molecule has 0 aliphatic rings. The molecule has 0 spiro atoms. The average Bonchev–Trinajstić information content (AvgIpc) is 2.66. The highest BCUT2D eigenvalue weighted by Crippen LogP contribution is 2.12. The van der Waals surface area contributed by atoms with Gasteiger partial charge in [-0.05, 0) is 43.5 Å². The van der Waals surface area contributed by atoms with Gasteiger partial charge in [0.05, 0.1) is 10.6 Å². The highest BCUT2D eigenvalue weighted by atomic mass is 32.2. The minimum atomic E-state index is -3.25. The summed E-state index contributed by atoms with van der Waals surface area (Å²) in [5.41, 5.74) is 2.49. The lowest BCUT2D eigenvalue weighted by molar-refractivity contribution is 0.475. The molecule has 0 aliphatic carbocycles. The Balaban J connectivity index is 1.96. The Morgan fingerprint density at radius 3 is 2.41 bits per heavy atom. The number of rotatable bonds is 8. The molecule has 2 rings (SSSR count). The molecular formula is C21H29N3O2S. The van der Waals surface area contributed by atoms with Gasteiger partial charge in [-0.3, -0.25) is 4.99 Å². The summed E-state index contributed by atoms with van der Waals surface area (Å²) in [5.74, 6) is 0.888. The molecule has 0 aliphatic heterocycles. The normalized spacial score (nSPS) is 12.0. The molecule has 5 nitrogen and oxygen atoms in total. The summed E-state index contributed by atoms with van der Waals surface area (Å²) in [6.07, 6.45) is 0.490. The largest absolute Gasteiger partial charge is 0.357 e. The summed E-state index contributed by atoms with van der Waals surface area (Å²) >= 11 is 0. The van der Waals surface area contributed by atoms with Crippen molar-refractivity contribution in [1.82, 2.24) is 10.2 Å². The van der Waals surface area contributed by atoms with Crippen LogP contribution < -0.4 is 5.32 Å². The number of aliphatic imine (C=N–C) groups is 1. The lowest BCUT2D eigenvalue weighted by Crippen LogP contribution is -2.38. The Bertz CT molecular complexity index is 849. The Hall–Kier alpha value is -2.34. The topological polar surface area (TPSA) is 61.8 Å². The van der Waals surface area contributed by atoms with E-state index in [1.807, 2.05) is 32.2 Å². The van der Waals surface area contributed by atoms with Crippen molar-refractivity contribution in [3.63, 3.8) is 0 Å². The first-order chi connectivity index (χ1) is 12.9. The average molecular weight is 388 g/mol. The Kier molecular flexibility index (Phi) is 7.85. The van der Waals surface area contributed by atoms with Gasteiger partial charge in [-0.25, -0.2) is 8.42 Å². The number of hydrogen-bond donors (Lipinski definition) is 1. The number of hydrogen-bond acceptors (Lipinski definition) is 3. The molecule has 0 radical (unpaired) electrons. The molecule has 0 bridgehead atoms. The molecule has 1 N–H and O–H groups in total. The van der Waals surface area contributed by atoms with E-state index >= 15 is 0 Å². The van der Waals surface area contributed by atoms with Crippen LogP contribution in [0.15, 0.2) is 64.5 Å².